The fourth-order valence-electron chi connectivity index (χ4n) is 3.82. The van der Waals surface area contributed by atoms with Crippen molar-refractivity contribution in [3.05, 3.63) is 58.1 Å². The number of methoxy groups -OCH3 is 1. The Hall–Kier alpha value is -2.05. The maximum atomic E-state index is 11.3. The van der Waals surface area contributed by atoms with Gasteiger partial charge >= 0.3 is 5.97 Å². The second-order valence-electron chi connectivity index (χ2n) is 6.95. The van der Waals surface area contributed by atoms with Crippen LogP contribution in [0.3, 0.4) is 0 Å². The van der Waals surface area contributed by atoms with Crippen LogP contribution in [0.25, 0.3) is 0 Å². The number of nitrogens with zero attached hydrogens (tertiary/aromatic N) is 1. The normalized spacial score (nSPS) is 16.5. The molecule has 0 saturated carbocycles. The highest BCUT2D eigenvalue weighted by molar-refractivity contribution is 9.10. The zero-order valence-corrected chi connectivity index (χ0v) is 17.8. The molecule has 28 heavy (non-hydrogen) atoms. The molecule has 1 heterocycles. The highest BCUT2D eigenvalue weighted by atomic mass is 79.9. The molecular formula is C22H26BrNO4. The van der Waals surface area contributed by atoms with Gasteiger partial charge in [0.2, 0.25) is 0 Å². The molecule has 2 aromatic carbocycles. The molecule has 0 amide bonds. The number of likely N-dealkylation sites (tertiary alicyclic amines) is 1. The first-order valence-corrected chi connectivity index (χ1v) is 10.4. The third kappa shape index (κ3) is 4.67. The lowest BCUT2D eigenvalue weighted by Crippen LogP contribution is -2.39. The largest absolute Gasteiger partial charge is 0.493 e. The molecular weight excluding hydrogens is 422 g/mol. The van der Waals surface area contributed by atoms with Gasteiger partial charge in [0.1, 0.15) is 0 Å². The van der Waals surface area contributed by atoms with E-state index < -0.39 is 5.97 Å². The summed E-state index contributed by atoms with van der Waals surface area (Å²) in [5.41, 5.74) is 2.27. The van der Waals surface area contributed by atoms with Gasteiger partial charge in [-0.25, -0.2) is 0 Å². The average Bonchev–Trinajstić information content (AvgIpc) is 2.70. The molecule has 2 aromatic rings. The van der Waals surface area contributed by atoms with Gasteiger partial charge in [-0.15, -0.1) is 0 Å². The van der Waals surface area contributed by atoms with Crippen molar-refractivity contribution in [3.8, 4) is 11.5 Å². The summed E-state index contributed by atoms with van der Waals surface area (Å²) in [5, 5.41) is 9.33. The Labute approximate surface area is 174 Å². The fourth-order valence-corrected chi connectivity index (χ4v) is 4.24. The minimum Gasteiger partial charge on any atom is -0.493 e. The Morgan fingerprint density at radius 3 is 2.50 bits per heavy atom. The number of carboxylic acid groups (broad SMARTS) is 1. The third-order valence-electron chi connectivity index (χ3n) is 5.21. The average molecular weight is 448 g/mol. The number of aliphatic carboxylic acids is 1. The van der Waals surface area contributed by atoms with Crippen molar-refractivity contribution in [3.63, 3.8) is 0 Å². The molecule has 0 bridgehead atoms. The summed E-state index contributed by atoms with van der Waals surface area (Å²) in [4.78, 5) is 13.7. The van der Waals surface area contributed by atoms with Crippen molar-refractivity contribution in [1.82, 2.24) is 4.90 Å². The van der Waals surface area contributed by atoms with Crippen LogP contribution >= 0.6 is 15.9 Å². The Morgan fingerprint density at radius 2 is 1.89 bits per heavy atom. The number of carboxylic acids is 1. The van der Waals surface area contributed by atoms with E-state index in [1.807, 2.05) is 31.2 Å². The second kappa shape index (κ2) is 9.43. The highest BCUT2D eigenvalue weighted by Gasteiger charge is 2.30. The summed E-state index contributed by atoms with van der Waals surface area (Å²) in [6, 6.07) is 14.3. The molecule has 1 aliphatic heterocycles. The Morgan fingerprint density at radius 1 is 1.18 bits per heavy atom. The molecule has 1 unspecified atom stereocenters. The lowest BCUT2D eigenvalue weighted by atomic mass is 9.91. The highest BCUT2D eigenvalue weighted by Crippen LogP contribution is 2.37. The van der Waals surface area contributed by atoms with Crippen molar-refractivity contribution >= 4 is 21.9 Å². The summed E-state index contributed by atoms with van der Waals surface area (Å²) in [6.07, 6.45) is 1.32. The predicted octanol–water partition coefficient (Wildman–Crippen LogP) is 4.74. The van der Waals surface area contributed by atoms with E-state index in [0.29, 0.717) is 25.2 Å². The Bertz CT molecular complexity index is 818. The first-order chi connectivity index (χ1) is 13.5. The summed E-state index contributed by atoms with van der Waals surface area (Å²) >= 11 is 3.58. The van der Waals surface area contributed by atoms with Crippen molar-refractivity contribution in [1.29, 1.82) is 0 Å². The lowest BCUT2D eigenvalue weighted by molar-refractivity contribution is -0.143. The van der Waals surface area contributed by atoms with Gasteiger partial charge < -0.3 is 14.6 Å². The van der Waals surface area contributed by atoms with Crippen LogP contribution in [0.15, 0.2) is 46.9 Å². The quantitative estimate of drug-likeness (QED) is 0.663. The van der Waals surface area contributed by atoms with Crippen LogP contribution in [0.4, 0.5) is 0 Å². The SMILES string of the molecule is CCOc1ccc(C(c2cccc(Br)c2)N2CCC(C(=O)O)CC2)cc1OC. The molecule has 3 rings (SSSR count). The second-order valence-corrected chi connectivity index (χ2v) is 7.87. The molecule has 0 aliphatic carbocycles. The fraction of sp³-hybridized carbons (Fsp3) is 0.409. The molecule has 1 fully saturated rings. The van der Waals surface area contributed by atoms with E-state index in [4.69, 9.17) is 9.47 Å². The van der Waals surface area contributed by atoms with Crippen LogP contribution in [0.2, 0.25) is 0 Å². The van der Waals surface area contributed by atoms with Crippen LogP contribution in [-0.2, 0) is 4.79 Å². The standard InChI is InChI=1S/C22H26BrNO4/c1-3-28-19-8-7-17(14-20(19)27-2)21(16-5-4-6-18(23)13-16)24-11-9-15(10-12-24)22(25)26/h4-8,13-15,21H,3,9-12H2,1-2H3,(H,25,26). The summed E-state index contributed by atoms with van der Waals surface area (Å²) in [5.74, 6) is 0.488. The first-order valence-electron chi connectivity index (χ1n) is 9.56. The molecule has 5 nitrogen and oxygen atoms in total. The van der Waals surface area contributed by atoms with Gasteiger partial charge in [0, 0.05) is 4.47 Å². The van der Waals surface area contributed by atoms with Gasteiger partial charge in [-0.1, -0.05) is 34.1 Å². The number of carbonyl (C=O) groups is 1. The van der Waals surface area contributed by atoms with Gasteiger partial charge in [0.05, 0.1) is 25.7 Å². The topological polar surface area (TPSA) is 59.0 Å². The minimum absolute atomic E-state index is 0.0248. The molecule has 0 aromatic heterocycles. The monoisotopic (exact) mass is 447 g/mol. The van der Waals surface area contributed by atoms with Crippen molar-refractivity contribution in [2.24, 2.45) is 5.92 Å². The number of ether oxygens (including phenoxy) is 2. The van der Waals surface area contributed by atoms with Crippen molar-refractivity contribution in [2.45, 2.75) is 25.8 Å². The third-order valence-corrected chi connectivity index (χ3v) is 5.70. The first kappa shape index (κ1) is 20.7. The van der Waals surface area contributed by atoms with Crippen molar-refractivity contribution in [2.75, 3.05) is 26.8 Å². The van der Waals surface area contributed by atoms with E-state index in [2.05, 4.69) is 39.0 Å². The number of hydrogen-bond donors (Lipinski definition) is 1. The number of benzene rings is 2. The van der Waals surface area contributed by atoms with Crippen LogP contribution in [0, 0.1) is 5.92 Å². The summed E-state index contributed by atoms with van der Waals surface area (Å²) in [7, 11) is 1.65. The molecule has 0 radical (unpaired) electrons. The van der Waals surface area contributed by atoms with Crippen LogP contribution in [-0.4, -0.2) is 42.8 Å². The number of hydrogen-bond acceptors (Lipinski definition) is 4. The summed E-state index contributed by atoms with van der Waals surface area (Å²) in [6.45, 7) is 4.01. The van der Waals surface area contributed by atoms with Gasteiger partial charge in [-0.3, -0.25) is 9.69 Å². The van der Waals surface area contributed by atoms with Gasteiger partial charge in [0.15, 0.2) is 11.5 Å². The maximum absolute atomic E-state index is 11.3. The molecule has 1 N–H and O–H groups in total. The van der Waals surface area contributed by atoms with E-state index >= 15 is 0 Å². The summed E-state index contributed by atoms with van der Waals surface area (Å²) < 4.78 is 12.2. The van der Waals surface area contributed by atoms with Gasteiger partial charge in [-0.2, -0.15) is 0 Å². The van der Waals surface area contributed by atoms with E-state index in [0.717, 1.165) is 34.4 Å². The molecule has 1 atom stereocenters. The zero-order chi connectivity index (χ0) is 20.1. The Kier molecular flexibility index (Phi) is 6.97. The number of piperidine rings is 1. The minimum atomic E-state index is -0.693. The van der Waals surface area contributed by atoms with Crippen molar-refractivity contribution < 1.29 is 19.4 Å². The van der Waals surface area contributed by atoms with Gasteiger partial charge in [-0.05, 0) is 68.2 Å². The van der Waals surface area contributed by atoms with E-state index in [9.17, 15) is 9.90 Å². The number of halogens is 1. The van der Waals surface area contributed by atoms with Gasteiger partial charge in [0.25, 0.3) is 0 Å². The Balaban J connectivity index is 1.96. The maximum Gasteiger partial charge on any atom is 0.306 e. The van der Waals surface area contributed by atoms with E-state index in [1.54, 1.807) is 7.11 Å². The zero-order valence-electron chi connectivity index (χ0n) is 16.2. The van der Waals surface area contributed by atoms with Crippen LogP contribution in [0.5, 0.6) is 11.5 Å². The van der Waals surface area contributed by atoms with E-state index in [-0.39, 0.29) is 12.0 Å². The van der Waals surface area contributed by atoms with E-state index in [1.165, 1.54) is 0 Å². The molecule has 1 saturated heterocycles. The number of rotatable bonds is 7. The van der Waals surface area contributed by atoms with Crippen LogP contribution in [0.1, 0.15) is 36.9 Å². The lowest BCUT2D eigenvalue weighted by Gasteiger charge is -2.37. The smallest absolute Gasteiger partial charge is 0.306 e. The molecule has 6 heteroatoms. The van der Waals surface area contributed by atoms with Crippen LogP contribution < -0.4 is 9.47 Å². The molecule has 0 spiro atoms. The predicted molar refractivity (Wildman–Crippen MR) is 112 cm³/mol. The molecule has 150 valence electrons. The molecule has 1 aliphatic rings.